The summed E-state index contributed by atoms with van der Waals surface area (Å²) in [5, 5.41) is 5.39. The van der Waals surface area contributed by atoms with Gasteiger partial charge in [-0.1, -0.05) is 36.2 Å². The Morgan fingerprint density at radius 2 is 1.77 bits per heavy atom. The summed E-state index contributed by atoms with van der Waals surface area (Å²) >= 11 is 6.97. The number of hydrogen-bond acceptors (Lipinski definition) is 5. The molecule has 2 unspecified atom stereocenters. The maximum absolute atomic E-state index is 15.6. The highest BCUT2D eigenvalue weighted by molar-refractivity contribution is 6.33. The second-order valence-corrected chi connectivity index (χ2v) is 13.4. The Morgan fingerprint density at radius 1 is 0.957 bits per heavy atom. The number of allylic oxidation sites excluding steroid dienone is 1. The van der Waals surface area contributed by atoms with Crippen LogP contribution in [0, 0.1) is 17.8 Å². The number of methoxy groups -OCH3 is 1. The molecule has 4 aromatic rings. The SMILES string of the molecule is COc1ccc(/C(=C(\c2ccc(OCCN3CCC(CF)C3)cc2)c2ccc3c(c2)c(F)nn3C2CCCCO2)C2CCC2)c(Cl)c1. The van der Waals surface area contributed by atoms with Crippen molar-refractivity contribution in [2.24, 2.45) is 11.8 Å². The van der Waals surface area contributed by atoms with E-state index in [1.807, 2.05) is 42.5 Å². The van der Waals surface area contributed by atoms with Crippen LogP contribution in [0.4, 0.5) is 8.78 Å². The van der Waals surface area contributed by atoms with Crippen molar-refractivity contribution in [3.05, 3.63) is 88.3 Å². The van der Waals surface area contributed by atoms with Crippen molar-refractivity contribution < 1.29 is 23.0 Å². The average molecular weight is 662 g/mol. The van der Waals surface area contributed by atoms with Crippen LogP contribution in [0.15, 0.2) is 60.7 Å². The van der Waals surface area contributed by atoms with Crippen molar-refractivity contribution in [2.75, 3.05) is 46.6 Å². The number of rotatable bonds is 11. The first-order chi connectivity index (χ1) is 23.0. The van der Waals surface area contributed by atoms with Gasteiger partial charge in [0.2, 0.25) is 5.95 Å². The number of nitrogens with zero attached hydrogens (tertiary/aromatic N) is 3. The van der Waals surface area contributed by atoms with Gasteiger partial charge in [0.05, 0.1) is 29.7 Å². The lowest BCUT2D eigenvalue weighted by Gasteiger charge is -2.32. The standard InChI is InChI=1S/C38H42ClF2N3O3/c1-45-30-13-14-31(33(39)22-30)37(26-5-4-6-26)36(27-8-11-29(12-9-27)46-20-18-43-17-16-25(23-40)24-43)28-10-15-34-32(21-28)38(41)42-44(34)35-7-2-3-19-47-35/h8-15,21-22,25-26,35H,2-7,16-20,23-24H2,1H3/b37-36+. The molecule has 2 aliphatic heterocycles. The number of halogens is 3. The topological polar surface area (TPSA) is 48.8 Å². The minimum Gasteiger partial charge on any atom is -0.497 e. The van der Waals surface area contributed by atoms with E-state index in [0.29, 0.717) is 35.3 Å². The summed E-state index contributed by atoms with van der Waals surface area (Å²) in [7, 11) is 1.64. The van der Waals surface area contributed by atoms with Crippen LogP contribution in [0.2, 0.25) is 5.02 Å². The molecule has 0 bridgehead atoms. The molecular formula is C38H42ClF2N3O3. The fourth-order valence-corrected chi connectivity index (χ4v) is 7.49. The Labute approximate surface area is 280 Å². The van der Waals surface area contributed by atoms with E-state index < -0.39 is 5.95 Å². The van der Waals surface area contributed by atoms with Crippen LogP contribution in [0.3, 0.4) is 0 Å². The highest BCUT2D eigenvalue weighted by Gasteiger charge is 2.30. The van der Waals surface area contributed by atoms with Crippen LogP contribution in [-0.4, -0.2) is 61.3 Å². The summed E-state index contributed by atoms with van der Waals surface area (Å²) in [5.41, 5.74) is 5.75. The lowest BCUT2D eigenvalue weighted by Crippen LogP contribution is -2.26. The van der Waals surface area contributed by atoms with E-state index in [1.165, 1.54) is 0 Å². The molecule has 7 rings (SSSR count). The minimum atomic E-state index is -0.498. The van der Waals surface area contributed by atoms with Crippen molar-refractivity contribution in [3.63, 3.8) is 0 Å². The Morgan fingerprint density at radius 3 is 2.45 bits per heavy atom. The van der Waals surface area contributed by atoms with Crippen molar-refractivity contribution in [1.82, 2.24) is 14.7 Å². The summed E-state index contributed by atoms with van der Waals surface area (Å²) in [6.07, 6.45) is 6.75. The zero-order valence-corrected chi connectivity index (χ0v) is 27.7. The van der Waals surface area contributed by atoms with Gasteiger partial charge >= 0.3 is 0 Å². The third kappa shape index (κ3) is 6.78. The Hall–Kier alpha value is -3.46. The smallest absolute Gasteiger partial charge is 0.240 e. The zero-order valence-electron chi connectivity index (χ0n) is 26.9. The summed E-state index contributed by atoms with van der Waals surface area (Å²) in [6.45, 7) is 3.43. The number of likely N-dealkylation sites (tertiary alicyclic amines) is 1. The van der Waals surface area contributed by atoms with Crippen LogP contribution in [0.1, 0.15) is 67.9 Å². The molecule has 3 aliphatic rings. The van der Waals surface area contributed by atoms with Crippen molar-refractivity contribution >= 4 is 33.7 Å². The summed E-state index contributed by atoms with van der Waals surface area (Å²) in [4.78, 5) is 2.26. The molecule has 3 aromatic carbocycles. The number of hydrogen-bond donors (Lipinski definition) is 0. The van der Waals surface area contributed by atoms with Crippen molar-refractivity contribution in [1.29, 1.82) is 0 Å². The fourth-order valence-electron chi connectivity index (χ4n) is 7.22. The number of fused-ring (bicyclic) bond motifs is 1. The summed E-state index contributed by atoms with van der Waals surface area (Å²) in [5.74, 6) is 1.43. The molecule has 1 saturated carbocycles. The van der Waals surface area contributed by atoms with E-state index in [2.05, 4.69) is 28.2 Å². The third-order valence-electron chi connectivity index (χ3n) is 10.0. The van der Waals surface area contributed by atoms with E-state index in [4.69, 9.17) is 25.8 Å². The largest absolute Gasteiger partial charge is 0.497 e. The maximum Gasteiger partial charge on any atom is 0.240 e. The number of ether oxygens (including phenoxy) is 3. The average Bonchev–Trinajstić information content (AvgIpc) is 3.68. The van der Waals surface area contributed by atoms with Crippen LogP contribution in [0.5, 0.6) is 11.5 Å². The summed E-state index contributed by atoms with van der Waals surface area (Å²) < 4.78 is 47.9. The van der Waals surface area contributed by atoms with E-state index >= 15 is 4.39 Å². The predicted molar refractivity (Wildman–Crippen MR) is 182 cm³/mol. The molecule has 0 spiro atoms. The predicted octanol–water partition coefficient (Wildman–Crippen LogP) is 8.97. The van der Waals surface area contributed by atoms with E-state index in [1.54, 1.807) is 11.8 Å². The third-order valence-corrected chi connectivity index (χ3v) is 10.3. The van der Waals surface area contributed by atoms with E-state index in [9.17, 15) is 4.39 Å². The van der Waals surface area contributed by atoms with Crippen LogP contribution < -0.4 is 9.47 Å². The highest BCUT2D eigenvalue weighted by atomic mass is 35.5. The van der Waals surface area contributed by atoms with Gasteiger partial charge in [0.25, 0.3) is 0 Å². The molecule has 47 heavy (non-hydrogen) atoms. The minimum absolute atomic E-state index is 0.145. The van der Waals surface area contributed by atoms with Crippen molar-refractivity contribution in [2.45, 2.75) is 51.2 Å². The van der Waals surface area contributed by atoms with Crippen LogP contribution >= 0.6 is 11.6 Å². The molecule has 1 aliphatic carbocycles. The van der Waals surface area contributed by atoms with Gasteiger partial charge in [-0.05, 0) is 121 Å². The quantitative estimate of drug-likeness (QED) is 0.150. The lowest BCUT2D eigenvalue weighted by molar-refractivity contribution is -0.0375. The first-order valence-corrected chi connectivity index (χ1v) is 17.3. The Balaban J connectivity index is 1.27. The molecule has 0 N–H and O–H groups in total. The molecule has 2 atom stereocenters. The monoisotopic (exact) mass is 661 g/mol. The lowest BCUT2D eigenvalue weighted by atomic mass is 9.73. The normalized spacial score (nSPS) is 21.1. The van der Waals surface area contributed by atoms with Gasteiger partial charge < -0.3 is 14.2 Å². The van der Waals surface area contributed by atoms with E-state index in [-0.39, 0.29) is 18.8 Å². The molecule has 0 amide bonds. The van der Waals surface area contributed by atoms with Gasteiger partial charge in [0.1, 0.15) is 18.1 Å². The number of benzene rings is 3. The van der Waals surface area contributed by atoms with Gasteiger partial charge in [-0.15, -0.1) is 5.10 Å². The molecule has 3 fully saturated rings. The molecular weight excluding hydrogens is 620 g/mol. The van der Waals surface area contributed by atoms with Gasteiger partial charge in [-0.25, -0.2) is 4.68 Å². The van der Waals surface area contributed by atoms with Crippen LogP contribution in [-0.2, 0) is 4.74 Å². The molecule has 9 heteroatoms. The van der Waals surface area contributed by atoms with Gasteiger partial charge in [0.15, 0.2) is 6.23 Å². The van der Waals surface area contributed by atoms with Gasteiger partial charge in [-0.2, -0.15) is 4.39 Å². The molecule has 248 valence electrons. The second kappa shape index (κ2) is 14.3. The van der Waals surface area contributed by atoms with Crippen molar-refractivity contribution in [3.8, 4) is 11.5 Å². The fraction of sp³-hybridized carbons (Fsp3) is 0.447. The molecule has 3 heterocycles. The molecule has 6 nitrogen and oxygen atoms in total. The van der Waals surface area contributed by atoms with Gasteiger partial charge in [-0.3, -0.25) is 9.29 Å². The maximum atomic E-state index is 15.6. The second-order valence-electron chi connectivity index (χ2n) is 13.0. The first kappa shape index (κ1) is 32.1. The summed E-state index contributed by atoms with van der Waals surface area (Å²) in [6, 6.07) is 20.0. The zero-order chi connectivity index (χ0) is 32.3. The molecule has 1 aromatic heterocycles. The Bertz CT molecular complexity index is 1730. The number of aromatic nitrogens is 2. The molecule has 0 radical (unpaired) electrons. The highest BCUT2D eigenvalue weighted by Crippen LogP contribution is 2.48. The number of alkyl halides is 1. The Kier molecular flexibility index (Phi) is 9.80. The first-order valence-electron chi connectivity index (χ1n) is 16.9. The van der Waals surface area contributed by atoms with E-state index in [0.717, 1.165) is 104 Å². The van der Waals surface area contributed by atoms with Crippen LogP contribution in [0.25, 0.3) is 22.0 Å². The van der Waals surface area contributed by atoms with Gasteiger partial charge in [0, 0.05) is 25.6 Å². The molecule has 2 saturated heterocycles.